The number of amides is 3. The van der Waals surface area contributed by atoms with Crippen molar-refractivity contribution >= 4 is 33.6 Å². The molecule has 10 heteroatoms. The van der Waals surface area contributed by atoms with Crippen LogP contribution in [0.3, 0.4) is 0 Å². The zero-order chi connectivity index (χ0) is 23.1. The second kappa shape index (κ2) is 10.4. The molecule has 170 valence electrons. The van der Waals surface area contributed by atoms with Crippen LogP contribution in [0.1, 0.15) is 19.8 Å². The van der Waals surface area contributed by atoms with Crippen LogP contribution in [0, 0.1) is 5.92 Å². The first-order chi connectivity index (χ1) is 15.3. The number of imide groups is 1. The summed E-state index contributed by atoms with van der Waals surface area (Å²) in [7, 11) is -3.61. The molecule has 1 aliphatic heterocycles. The Hall–Kier alpha value is -3.24. The Balaban J connectivity index is 1.47. The molecule has 2 N–H and O–H groups in total. The Labute approximate surface area is 186 Å². The summed E-state index contributed by atoms with van der Waals surface area (Å²) in [6.45, 7) is 1.73. The molecule has 0 bridgehead atoms. The second-order valence-electron chi connectivity index (χ2n) is 7.38. The molecule has 1 fully saturated rings. The summed E-state index contributed by atoms with van der Waals surface area (Å²) in [6, 6.07) is 16.0. The van der Waals surface area contributed by atoms with E-state index in [9.17, 15) is 22.8 Å². The van der Waals surface area contributed by atoms with Crippen LogP contribution < -0.4 is 10.6 Å². The normalized spacial score (nSPS) is 16.0. The number of benzene rings is 2. The minimum atomic E-state index is -3.61. The number of rotatable bonds is 6. The van der Waals surface area contributed by atoms with Gasteiger partial charge in [0.25, 0.3) is 5.91 Å². The molecular weight excluding hydrogens is 434 g/mol. The summed E-state index contributed by atoms with van der Waals surface area (Å²) < 4.78 is 31.9. The van der Waals surface area contributed by atoms with Crippen LogP contribution in [0.15, 0.2) is 65.6 Å². The summed E-state index contributed by atoms with van der Waals surface area (Å²) in [6.07, 6.45) is -0.600. The molecule has 1 saturated heterocycles. The van der Waals surface area contributed by atoms with Gasteiger partial charge in [-0.15, -0.1) is 0 Å². The van der Waals surface area contributed by atoms with E-state index in [0.29, 0.717) is 5.69 Å². The van der Waals surface area contributed by atoms with Crippen molar-refractivity contribution in [1.82, 2.24) is 9.62 Å². The largest absolute Gasteiger partial charge is 0.452 e. The molecule has 1 atom stereocenters. The lowest BCUT2D eigenvalue weighted by Gasteiger charge is -2.30. The molecule has 0 aromatic heterocycles. The second-order valence-corrected chi connectivity index (χ2v) is 9.32. The van der Waals surface area contributed by atoms with Gasteiger partial charge in [-0.05, 0) is 44.0 Å². The molecule has 32 heavy (non-hydrogen) atoms. The van der Waals surface area contributed by atoms with Crippen LogP contribution in [0.5, 0.6) is 0 Å². The van der Waals surface area contributed by atoms with E-state index in [-0.39, 0.29) is 30.8 Å². The van der Waals surface area contributed by atoms with E-state index in [2.05, 4.69) is 10.6 Å². The quantitative estimate of drug-likeness (QED) is 0.640. The number of para-hydroxylation sites is 1. The molecule has 3 amide bonds. The van der Waals surface area contributed by atoms with E-state index in [1.807, 2.05) is 0 Å². The van der Waals surface area contributed by atoms with E-state index in [0.717, 1.165) is 0 Å². The highest BCUT2D eigenvalue weighted by molar-refractivity contribution is 7.89. The van der Waals surface area contributed by atoms with Gasteiger partial charge in [0.15, 0.2) is 6.10 Å². The number of nitrogens with zero attached hydrogens (tertiary/aromatic N) is 1. The van der Waals surface area contributed by atoms with E-state index in [4.69, 9.17) is 4.74 Å². The van der Waals surface area contributed by atoms with Crippen molar-refractivity contribution in [3.05, 3.63) is 60.7 Å². The predicted octanol–water partition coefficient (Wildman–Crippen LogP) is 2.37. The number of carbonyl (C=O) groups is 3. The standard InChI is InChI=1S/C22H25N3O6S/c1-16(20(26)24-22(28)23-18-8-4-2-5-9-18)31-21(27)17-12-14-25(15-13-17)32(29,30)19-10-6-3-7-11-19/h2-11,16-17H,12-15H2,1H3,(H2,23,24,26,28). The molecule has 0 radical (unpaired) electrons. The summed E-state index contributed by atoms with van der Waals surface area (Å²) >= 11 is 0. The maximum Gasteiger partial charge on any atom is 0.325 e. The molecule has 3 rings (SSSR count). The van der Waals surface area contributed by atoms with Gasteiger partial charge in [-0.2, -0.15) is 4.31 Å². The molecule has 1 heterocycles. The molecule has 0 aliphatic carbocycles. The Morgan fingerprint density at radius 2 is 1.53 bits per heavy atom. The Morgan fingerprint density at radius 3 is 2.12 bits per heavy atom. The minimum Gasteiger partial charge on any atom is -0.452 e. The summed E-state index contributed by atoms with van der Waals surface area (Å²) in [5, 5.41) is 4.63. The predicted molar refractivity (Wildman–Crippen MR) is 117 cm³/mol. The molecule has 0 saturated carbocycles. The third-order valence-electron chi connectivity index (χ3n) is 5.10. The Kier molecular flexibility index (Phi) is 7.60. The highest BCUT2D eigenvalue weighted by Gasteiger charge is 2.34. The number of sulfonamides is 1. The summed E-state index contributed by atoms with van der Waals surface area (Å²) in [5.41, 5.74) is 0.514. The van der Waals surface area contributed by atoms with Crippen molar-refractivity contribution in [1.29, 1.82) is 0 Å². The van der Waals surface area contributed by atoms with Crippen LogP contribution in [-0.2, 0) is 24.3 Å². The van der Waals surface area contributed by atoms with Gasteiger partial charge >= 0.3 is 12.0 Å². The van der Waals surface area contributed by atoms with E-state index < -0.39 is 40.0 Å². The van der Waals surface area contributed by atoms with Gasteiger partial charge in [0.05, 0.1) is 10.8 Å². The van der Waals surface area contributed by atoms with Gasteiger partial charge < -0.3 is 10.1 Å². The van der Waals surface area contributed by atoms with Crippen LogP contribution in [-0.4, -0.2) is 49.8 Å². The zero-order valence-corrected chi connectivity index (χ0v) is 18.4. The van der Waals surface area contributed by atoms with Crippen LogP contribution in [0.25, 0.3) is 0 Å². The highest BCUT2D eigenvalue weighted by atomic mass is 32.2. The first-order valence-electron chi connectivity index (χ1n) is 10.2. The number of urea groups is 1. The molecule has 1 unspecified atom stereocenters. The lowest BCUT2D eigenvalue weighted by molar-refractivity contribution is -0.159. The van der Waals surface area contributed by atoms with Gasteiger partial charge in [0.1, 0.15) is 0 Å². The molecule has 1 aliphatic rings. The third-order valence-corrected chi connectivity index (χ3v) is 7.01. The topological polar surface area (TPSA) is 122 Å². The monoisotopic (exact) mass is 459 g/mol. The first kappa shape index (κ1) is 23.4. The Morgan fingerprint density at radius 1 is 0.969 bits per heavy atom. The minimum absolute atomic E-state index is 0.178. The molecule has 0 spiro atoms. The van der Waals surface area contributed by atoms with E-state index in [1.165, 1.54) is 23.4 Å². The number of nitrogens with one attached hydrogen (secondary N) is 2. The lowest BCUT2D eigenvalue weighted by atomic mass is 9.98. The number of hydrogen-bond acceptors (Lipinski definition) is 6. The fourth-order valence-electron chi connectivity index (χ4n) is 3.29. The summed E-state index contributed by atoms with van der Waals surface area (Å²) in [4.78, 5) is 36.7. The number of piperidine rings is 1. The molecular formula is C22H25N3O6S. The van der Waals surface area contributed by atoms with E-state index in [1.54, 1.807) is 48.5 Å². The van der Waals surface area contributed by atoms with Gasteiger partial charge in [-0.1, -0.05) is 36.4 Å². The van der Waals surface area contributed by atoms with Crippen molar-refractivity contribution in [2.75, 3.05) is 18.4 Å². The third kappa shape index (κ3) is 5.92. The van der Waals surface area contributed by atoms with Crippen molar-refractivity contribution in [2.45, 2.75) is 30.8 Å². The maximum absolute atomic E-state index is 12.7. The molecule has 2 aromatic carbocycles. The number of carbonyl (C=O) groups excluding carboxylic acids is 3. The van der Waals surface area contributed by atoms with Crippen molar-refractivity contribution in [3.63, 3.8) is 0 Å². The molecule has 2 aromatic rings. The highest BCUT2D eigenvalue weighted by Crippen LogP contribution is 2.24. The maximum atomic E-state index is 12.7. The van der Waals surface area contributed by atoms with Crippen LogP contribution >= 0.6 is 0 Å². The van der Waals surface area contributed by atoms with E-state index >= 15 is 0 Å². The SMILES string of the molecule is CC(OC(=O)C1CCN(S(=O)(=O)c2ccccc2)CC1)C(=O)NC(=O)Nc1ccccc1. The number of anilines is 1. The fraction of sp³-hybridized carbons (Fsp3) is 0.318. The van der Waals surface area contributed by atoms with Crippen molar-refractivity contribution in [3.8, 4) is 0 Å². The lowest BCUT2D eigenvalue weighted by Crippen LogP contribution is -2.44. The first-order valence-corrected chi connectivity index (χ1v) is 11.6. The average Bonchev–Trinajstić information content (AvgIpc) is 2.80. The fourth-order valence-corrected chi connectivity index (χ4v) is 4.79. The molecule has 9 nitrogen and oxygen atoms in total. The summed E-state index contributed by atoms with van der Waals surface area (Å²) in [5.74, 6) is -1.87. The van der Waals surface area contributed by atoms with Crippen molar-refractivity contribution in [2.24, 2.45) is 5.92 Å². The van der Waals surface area contributed by atoms with Gasteiger partial charge in [0.2, 0.25) is 10.0 Å². The van der Waals surface area contributed by atoms with Crippen LogP contribution in [0.4, 0.5) is 10.5 Å². The smallest absolute Gasteiger partial charge is 0.325 e. The van der Waals surface area contributed by atoms with Crippen molar-refractivity contribution < 1.29 is 27.5 Å². The van der Waals surface area contributed by atoms with Gasteiger partial charge in [-0.25, -0.2) is 13.2 Å². The number of hydrogen-bond donors (Lipinski definition) is 2. The average molecular weight is 460 g/mol. The zero-order valence-electron chi connectivity index (χ0n) is 17.6. The Bertz CT molecular complexity index is 1050. The number of esters is 1. The van der Waals surface area contributed by atoms with Gasteiger partial charge in [0, 0.05) is 18.8 Å². The van der Waals surface area contributed by atoms with Crippen LogP contribution in [0.2, 0.25) is 0 Å². The number of ether oxygens (including phenoxy) is 1. The van der Waals surface area contributed by atoms with Gasteiger partial charge in [-0.3, -0.25) is 14.9 Å².